The van der Waals surface area contributed by atoms with Crippen LogP contribution in [0, 0.1) is 0 Å². The molecule has 1 atom stereocenters. The Hall–Kier alpha value is -2.54. The van der Waals surface area contributed by atoms with Crippen LogP contribution in [-0.4, -0.2) is 30.4 Å². The minimum absolute atomic E-state index is 0.184. The minimum Gasteiger partial charge on any atom is -0.445 e. The van der Waals surface area contributed by atoms with Crippen LogP contribution >= 0.6 is 15.9 Å². The number of alkyl carbamates (subject to hydrolysis) is 2. The van der Waals surface area contributed by atoms with Gasteiger partial charge in [0.2, 0.25) is 0 Å². The molecule has 2 aromatic rings. The number of hydrogen-bond acceptors (Lipinski definition) is 4. The lowest BCUT2D eigenvalue weighted by Gasteiger charge is -2.24. The largest absolute Gasteiger partial charge is 0.445 e. The van der Waals surface area contributed by atoms with E-state index in [-0.39, 0.29) is 19.2 Å². The molecule has 0 unspecified atom stereocenters. The molecule has 7 heteroatoms. The third kappa shape index (κ3) is 9.47. The molecule has 0 heterocycles. The summed E-state index contributed by atoms with van der Waals surface area (Å²) in [5.41, 5.74) is 1.32. The first-order valence-electron chi connectivity index (χ1n) is 9.40. The van der Waals surface area contributed by atoms with Crippen molar-refractivity contribution in [2.75, 3.05) is 6.54 Å². The zero-order chi connectivity index (χ0) is 21.3. The Kier molecular flexibility index (Phi) is 8.51. The molecule has 156 valence electrons. The highest BCUT2D eigenvalue weighted by atomic mass is 79.9. The monoisotopic (exact) mass is 462 g/mol. The first-order chi connectivity index (χ1) is 13.7. The number of amides is 2. The second-order valence-corrected chi connectivity index (χ2v) is 8.53. The van der Waals surface area contributed by atoms with Crippen molar-refractivity contribution < 1.29 is 19.1 Å². The van der Waals surface area contributed by atoms with Gasteiger partial charge in [0.1, 0.15) is 12.2 Å². The van der Waals surface area contributed by atoms with Crippen molar-refractivity contribution in [2.24, 2.45) is 0 Å². The van der Waals surface area contributed by atoms with E-state index in [0.717, 1.165) is 15.6 Å². The Balaban J connectivity index is 1.91. The average molecular weight is 463 g/mol. The summed E-state index contributed by atoms with van der Waals surface area (Å²) in [6, 6.07) is 16.9. The fourth-order valence-corrected chi connectivity index (χ4v) is 2.80. The van der Waals surface area contributed by atoms with Crippen LogP contribution in [-0.2, 0) is 22.5 Å². The van der Waals surface area contributed by atoms with Gasteiger partial charge in [-0.2, -0.15) is 0 Å². The van der Waals surface area contributed by atoms with Crippen LogP contribution in [0.2, 0.25) is 0 Å². The van der Waals surface area contributed by atoms with Crippen molar-refractivity contribution in [1.82, 2.24) is 10.6 Å². The van der Waals surface area contributed by atoms with Crippen molar-refractivity contribution in [1.29, 1.82) is 0 Å². The lowest BCUT2D eigenvalue weighted by molar-refractivity contribution is 0.0502. The molecule has 0 aliphatic carbocycles. The molecule has 0 fully saturated rings. The molecule has 0 radical (unpaired) electrons. The predicted molar refractivity (Wildman–Crippen MR) is 116 cm³/mol. The zero-order valence-electron chi connectivity index (χ0n) is 16.9. The molecule has 0 spiro atoms. The van der Waals surface area contributed by atoms with E-state index in [4.69, 9.17) is 9.47 Å². The van der Waals surface area contributed by atoms with Crippen LogP contribution in [0.25, 0.3) is 0 Å². The summed E-state index contributed by atoms with van der Waals surface area (Å²) in [6.45, 7) is 5.80. The van der Waals surface area contributed by atoms with Crippen molar-refractivity contribution in [2.45, 2.75) is 45.4 Å². The Morgan fingerprint density at radius 3 is 2.24 bits per heavy atom. The van der Waals surface area contributed by atoms with E-state index in [0.29, 0.717) is 6.42 Å². The van der Waals surface area contributed by atoms with Gasteiger partial charge in [-0.25, -0.2) is 9.59 Å². The van der Waals surface area contributed by atoms with E-state index in [9.17, 15) is 9.59 Å². The number of halogens is 1. The number of carbonyl (C=O) groups is 2. The van der Waals surface area contributed by atoms with Gasteiger partial charge in [0.15, 0.2) is 0 Å². The summed E-state index contributed by atoms with van der Waals surface area (Å²) < 4.78 is 11.5. The summed E-state index contributed by atoms with van der Waals surface area (Å²) in [7, 11) is 0. The number of hydrogen-bond donors (Lipinski definition) is 2. The van der Waals surface area contributed by atoms with E-state index in [2.05, 4.69) is 26.6 Å². The lowest BCUT2D eigenvalue weighted by atomic mass is 10.1. The maximum Gasteiger partial charge on any atom is 0.407 e. The molecule has 0 bridgehead atoms. The molecule has 2 aromatic carbocycles. The smallest absolute Gasteiger partial charge is 0.407 e. The van der Waals surface area contributed by atoms with Crippen molar-refractivity contribution in [3.05, 3.63) is 70.2 Å². The molecule has 2 amide bonds. The highest BCUT2D eigenvalue weighted by Crippen LogP contribution is 2.13. The van der Waals surface area contributed by atoms with Crippen LogP contribution < -0.4 is 10.6 Å². The summed E-state index contributed by atoms with van der Waals surface area (Å²) in [4.78, 5) is 24.2. The third-order valence-electron chi connectivity index (χ3n) is 3.82. The van der Waals surface area contributed by atoms with E-state index in [1.807, 2.05) is 54.6 Å². The summed E-state index contributed by atoms with van der Waals surface area (Å²) in [5, 5.41) is 5.53. The SMILES string of the molecule is CC(C)(C)OC(=O)N[C@H](CNC(=O)OCc1ccccc1)Cc1ccc(Br)cc1. The van der Waals surface area contributed by atoms with E-state index < -0.39 is 17.8 Å². The molecular weight excluding hydrogens is 436 g/mol. The average Bonchev–Trinajstić information content (AvgIpc) is 2.65. The van der Waals surface area contributed by atoms with Gasteiger partial charge in [-0.05, 0) is 50.5 Å². The summed E-state index contributed by atoms with van der Waals surface area (Å²) in [6.07, 6.45) is -0.536. The van der Waals surface area contributed by atoms with Crippen LogP contribution in [0.5, 0.6) is 0 Å². The van der Waals surface area contributed by atoms with Gasteiger partial charge in [0.25, 0.3) is 0 Å². The van der Waals surface area contributed by atoms with E-state index in [1.165, 1.54) is 0 Å². The molecule has 0 aliphatic rings. The van der Waals surface area contributed by atoms with Gasteiger partial charge in [-0.1, -0.05) is 58.4 Å². The molecule has 0 saturated heterocycles. The van der Waals surface area contributed by atoms with Crippen LogP contribution in [0.1, 0.15) is 31.9 Å². The van der Waals surface area contributed by atoms with Crippen LogP contribution in [0.4, 0.5) is 9.59 Å². The Morgan fingerprint density at radius 1 is 0.966 bits per heavy atom. The van der Waals surface area contributed by atoms with E-state index in [1.54, 1.807) is 20.8 Å². The van der Waals surface area contributed by atoms with Gasteiger partial charge in [-0.15, -0.1) is 0 Å². The normalized spacial score (nSPS) is 12.0. The first kappa shape index (κ1) is 22.7. The zero-order valence-corrected chi connectivity index (χ0v) is 18.5. The van der Waals surface area contributed by atoms with Gasteiger partial charge in [0, 0.05) is 11.0 Å². The Bertz CT molecular complexity index is 789. The number of benzene rings is 2. The summed E-state index contributed by atoms with van der Waals surface area (Å²) in [5.74, 6) is 0. The maximum absolute atomic E-state index is 12.2. The molecule has 0 aromatic heterocycles. The van der Waals surface area contributed by atoms with E-state index >= 15 is 0 Å². The standard InChI is InChI=1S/C22H27BrN2O4/c1-22(2,3)29-21(27)25-19(13-16-9-11-18(23)12-10-16)14-24-20(26)28-15-17-7-5-4-6-8-17/h4-12,19H,13-15H2,1-3H3,(H,24,26)(H,25,27)/t19-/m0/s1. The number of nitrogens with one attached hydrogen (secondary N) is 2. The fraction of sp³-hybridized carbons (Fsp3) is 0.364. The molecule has 6 nitrogen and oxygen atoms in total. The number of carbonyl (C=O) groups excluding carboxylic acids is 2. The van der Waals surface area contributed by atoms with Crippen molar-refractivity contribution >= 4 is 28.1 Å². The maximum atomic E-state index is 12.2. The minimum atomic E-state index is -0.603. The van der Waals surface area contributed by atoms with Crippen molar-refractivity contribution in [3.8, 4) is 0 Å². The molecule has 0 saturated carbocycles. The molecule has 2 N–H and O–H groups in total. The van der Waals surface area contributed by atoms with Crippen LogP contribution in [0.15, 0.2) is 59.1 Å². The second kappa shape index (κ2) is 10.9. The molecular formula is C22H27BrN2O4. The predicted octanol–water partition coefficient (Wildman–Crippen LogP) is 4.81. The summed E-state index contributed by atoms with van der Waals surface area (Å²) >= 11 is 3.41. The lowest BCUT2D eigenvalue weighted by Crippen LogP contribution is -2.46. The Morgan fingerprint density at radius 2 is 1.62 bits per heavy atom. The fourth-order valence-electron chi connectivity index (χ4n) is 2.53. The van der Waals surface area contributed by atoms with Gasteiger partial charge in [-0.3, -0.25) is 0 Å². The van der Waals surface area contributed by atoms with Crippen molar-refractivity contribution in [3.63, 3.8) is 0 Å². The highest BCUT2D eigenvalue weighted by molar-refractivity contribution is 9.10. The third-order valence-corrected chi connectivity index (χ3v) is 4.35. The molecule has 2 rings (SSSR count). The Labute approximate surface area is 180 Å². The van der Waals surface area contributed by atoms with Gasteiger partial charge >= 0.3 is 12.2 Å². The molecule has 0 aliphatic heterocycles. The van der Waals surface area contributed by atoms with Gasteiger partial charge < -0.3 is 20.1 Å². The molecule has 29 heavy (non-hydrogen) atoms. The number of rotatable bonds is 7. The number of ether oxygens (including phenoxy) is 2. The highest BCUT2D eigenvalue weighted by Gasteiger charge is 2.20. The second-order valence-electron chi connectivity index (χ2n) is 7.62. The first-order valence-corrected chi connectivity index (χ1v) is 10.2. The quantitative estimate of drug-likeness (QED) is 0.618. The van der Waals surface area contributed by atoms with Gasteiger partial charge in [0.05, 0.1) is 6.04 Å². The topological polar surface area (TPSA) is 76.7 Å². The van der Waals surface area contributed by atoms with Crippen LogP contribution in [0.3, 0.4) is 0 Å².